The van der Waals surface area contributed by atoms with Crippen molar-refractivity contribution in [2.45, 2.75) is 26.3 Å². The monoisotopic (exact) mass is 312 g/mol. The highest BCUT2D eigenvalue weighted by molar-refractivity contribution is 7.12. The molecular weight excluding hydrogens is 292 g/mol. The van der Waals surface area contributed by atoms with Gasteiger partial charge in [0.1, 0.15) is 6.04 Å². The molecule has 1 atom stereocenters. The molecule has 7 heteroatoms. The topological polar surface area (TPSA) is 75.7 Å². The van der Waals surface area contributed by atoms with E-state index in [1.807, 2.05) is 0 Å². The minimum Gasteiger partial charge on any atom is -0.466 e. The number of hydrogen-bond acceptors (Lipinski definition) is 5. The molecule has 116 valence electrons. The lowest BCUT2D eigenvalue weighted by atomic mass is 10.2. The van der Waals surface area contributed by atoms with Gasteiger partial charge in [-0.15, -0.1) is 11.3 Å². The van der Waals surface area contributed by atoms with Crippen LogP contribution in [0.5, 0.6) is 0 Å². The lowest BCUT2D eigenvalue weighted by Gasteiger charge is -2.21. The summed E-state index contributed by atoms with van der Waals surface area (Å²) in [6.07, 6.45) is 0.141. The van der Waals surface area contributed by atoms with Gasteiger partial charge < -0.3 is 15.0 Å². The number of carbonyl (C=O) groups excluding carboxylic acids is 3. The number of amides is 2. The number of hydrogen-bond donors (Lipinski definition) is 1. The van der Waals surface area contributed by atoms with Crippen molar-refractivity contribution < 1.29 is 19.1 Å². The van der Waals surface area contributed by atoms with Crippen molar-refractivity contribution in [3.8, 4) is 0 Å². The van der Waals surface area contributed by atoms with Crippen LogP contribution in [-0.4, -0.2) is 48.9 Å². The van der Waals surface area contributed by atoms with Crippen molar-refractivity contribution in [1.29, 1.82) is 0 Å². The molecule has 0 spiro atoms. The lowest BCUT2D eigenvalue weighted by molar-refractivity contribution is -0.144. The number of nitrogens with zero attached hydrogens (tertiary/aromatic N) is 1. The van der Waals surface area contributed by atoms with Crippen molar-refractivity contribution in [1.82, 2.24) is 10.2 Å². The van der Waals surface area contributed by atoms with Gasteiger partial charge in [-0.25, -0.2) is 0 Å². The van der Waals surface area contributed by atoms with Gasteiger partial charge in [0.15, 0.2) is 0 Å². The summed E-state index contributed by atoms with van der Waals surface area (Å²) < 4.78 is 4.80. The molecule has 1 unspecified atom stereocenters. The third kappa shape index (κ3) is 5.55. The summed E-state index contributed by atoms with van der Waals surface area (Å²) in [5.74, 6) is -0.860. The van der Waals surface area contributed by atoms with Crippen LogP contribution in [0.25, 0.3) is 0 Å². The minimum absolute atomic E-state index is 0.141. The quantitative estimate of drug-likeness (QED) is 0.770. The number of ether oxygens (including phenoxy) is 1. The molecule has 1 heterocycles. The smallest absolute Gasteiger partial charge is 0.307 e. The van der Waals surface area contributed by atoms with Crippen LogP contribution >= 0.6 is 11.3 Å². The van der Waals surface area contributed by atoms with Crippen LogP contribution in [0.3, 0.4) is 0 Å². The Bertz CT molecular complexity index is 487. The van der Waals surface area contributed by atoms with Gasteiger partial charge in [-0.3, -0.25) is 14.4 Å². The predicted molar refractivity (Wildman–Crippen MR) is 80.1 cm³/mol. The summed E-state index contributed by atoms with van der Waals surface area (Å²) in [6.45, 7) is 3.93. The third-order valence-corrected chi connectivity index (χ3v) is 3.66. The van der Waals surface area contributed by atoms with E-state index < -0.39 is 6.04 Å². The van der Waals surface area contributed by atoms with E-state index in [1.165, 1.54) is 16.2 Å². The number of carbonyl (C=O) groups is 3. The molecule has 0 saturated carbocycles. The molecule has 0 saturated heterocycles. The molecule has 0 fully saturated rings. The fourth-order valence-corrected chi connectivity index (χ4v) is 2.30. The van der Waals surface area contributed by atoms with Crippen molar-refractivity contribution in [3.05, 3.63) is 22.4 Å². The van der Waals surface area contributed by atoms with Crippen LogP contribution in [0, 0.1) is 0 Å². The highest BCUT2D eigenvalue weighted by Gasteiger charge is 2.21. The summed E-state index contributed by atoms with van der Waals surface area (Å²) in [7, 11) is 1.59. The lowest BCUT2D eigenvalue weighted by Crippen LogP contribution is -2.45. The number of thiophene rings is 1. The summed E-state index contributed by atoms with van der Waals surface area (Å²) >= 11 is 1.31. The second kappa shape index (κ2) is 8.41. The number of esters is 1. The molecule has 0 aliphatic rings. The SMILES string of the molecule is CCOC(=O)CCN(C)C(=O)C(C)NC(=O)c1cccs1. The first-order valence-corrected chi connectivity index (χ1v) is 7.58. The van der Waals surface area contributed by atoms with Crippen LogP contribution in [-0.2, 0) is 14.3 Å². The van der Waals surface area contributed by atoms with E-state index in [9.17, 15) is 14.4 Å². The van der Waals surface area contributed by atoms with Crippen molar-refractivity contribution in [2.75, 3.05) is 20.2 Å². The van der Waals surface area contributed by atoms with Gasteiger partial charge in [0.2, 0.25) is 5.91 Å². The zero-order valence-corrected chi connectivity index (χ0v) is 13.2. The minimum atomic E-state index is -0.646. The number of likely N-dealkylation sites (N-methyl/N-ethyl adjacent to an activating group) is 1. The summed E-state index contributed by atoms with van der Waals surface area (Å²) in [5, 5.41) is 4.44. The maximum atomic E-state index is 12.1. The molecule has 1 N–H and O–H groups in total. The molecule has 0 aliphatic heterocycles. The Kier molecular flexibility index (Phi) is 6.87. The largest absolute Gasteiger partial charge is 0.466 e. The standard InChI is InChI=1S/C14H20N2O4S/c1-4-20-12(17)7-8-16(3)14(19)10(2)15-13(18)11-6-5-9-21-11/h5-6,9-10H,4,7-8H2,1-3H3,(H,15,18). The van der Waals surface area contributed by atoms with E-state index in [2.05, 4.69) is 5.32 Å². The van der Waals surface area contributed by atoms with Gasteiger partial charge in [0.25, 0.3) is 5.91 Å². The first-order valence-electron chi connectivity index (χ1n) is 6.70. The van der Waals surface area contributed by atoms with Crippen molar-refractivity contribution in [3.63, 3.8) is 0 Å². The van der Waals surface area contributed by atoms with Gasteiger partial charge in [-0.1, -0.05) is 6.07 Å². The fraction of sp³-hybridized carbons (Fsp3) is 0.500. The molecule has 0 aliphatic carbocycles. The van der Waals surface area contributed by atoms with Crippen LogP contribution in [0.4, 0.5) is 0 Å². The average molecular weight is 312 g/mol. The van der Waals surface area contributed by atoms with E-state index in [4.69, 9.17) is 4.74 Å². The molecule has 1 rings (SSSR count). The maximum Gasteiger partial charge on any atom is 0.307 e. The van der Waals surface area contributed by atoms with Crippen LogP contribution in [0.1, 0.15) is 29.9 Å². The molecule has 0 bridgehead atoms. The summed E-state index contributed by atoms with van der Waals surface area (Å²) in [6, 6.07) is 2.82. The zero-order chi connectivity index (χ0) is 15.8. The molecule has 0 radical (unpaired) electrons. The molecule has 0 aromatic carbocycles. The Hall–Kier alpha value is -1.89. The van der Waals surface area contributed by atoms with Gasteiger partial charge >= 0.3 is 5.97 Å². The van der Waals surface area contributed by atoms with Gasteiger partial charge in [-0.2, -0.15) is 0 Å². The number of nitrogens with one attached hydrogen (secondary N) is 1. The fourth-order valence-electron chi connectivity index (χ4n) is 1.67. The van der Waals surface area contributed by atoms with Gasteiger partial charge in [0, 0.05) is 13.6 Å². The van der Waals surface area contributed by atoms with Crippen LogP contribution in [0.15, 0.2) is 17.5 Å². The van der Waals surface area contributed by atoms with E-state index in [1.54, 1.807) is 38.4 Å². The highest BCUT2D eigenvalue weighted by atomic mass is 32.1. The highest BCUT2D eigenvalue weighted by Crippen LogP contribution is 2.08. The molecule has 1 aromatic rings. The van der Waals surface area contributed by atoms with Crippen LogP contribution in [0.2, 0.25) is 0 Å². The normalized spacial score (nSPS) is 11.6. The van der Waals surface area contributed by atoms with Gasteiger partial charge in [0.05, 0.1) is 17.9 Å². The molecular formula is C14H20N2O4S. The molecule has 1 aromatic heterocycles. The Morgan fingerprint density at radius 1 is 1.43 bits per heavy atom. The summed E-state index contributed by atoms with van der Waals surface area (Å²) in [4.78, 5) is 37.1. The Balaban J connectivity index is 2.42. The zero-order valence-electron chi connectivity index (χ0n) is 12.4. The second-order valence-electron chi connectivity index (χ2n) is 4.49. The Labute approximate surface area is 128 Å². The Morgan fingerprint density at radius 2 is 2.14 bits per heavy atom. The Morgan fingerprint density at radius 3 is 2.71 bits per heavy atom. The van der Waals surface area contributed by atoms with E-state index >= 15 is 0 Å². The van der Waals surface area contributed by atoms with E-state index in [0.29, 0.717) is 11.5 Å². The average Bonchev–Trinajstić information content (AvgIpc) is 2.98. The first kappa shape index (κ1) is 17.2. The van der Waals surface area contributed by atoms with Crippen molar-refractivity contribution in [2.24, 2.45) is 0 Å². The first-order chi connectivity index (χ1) is 9.95. The van der Waals surface area contributed by atoms with Gasteiger partial charge in [-0.05, 0) is 25.3 Å². The van der Waals surface area contributed by atoms with Crippen molar-refractivity contribution >= 4 is 29.1 Å². The number of rotatable bonds is 7. The van der Waals surface area contributed by atoms with E-state index in [-0.39, 0.29) is 30.7 Å². The van der Waals surface area contributed by atoms with E-state index in [0.717, 1.165) is 0 Å². The predicted octanol–water partition coefficient (Wildman–Crippen LogP) is 1.28. The molecule has 21 heavy (non-hydrogen) atoms. The van der Waals surface area contributed by atoms with Crippen LogP contribution < -0.4 is 5.32 Å². The second-order valence-corrected chi connectivity index (χ2v) is 5.43. The molecule has 2 amide bonds. The summed E-state index contributed by atoms with van der Waals surface area (Å²) in [5.41, 5.74) is 0. The third-order valence-electron chi connectivity index (χ3n) is 2.80. The maximum absolute atomic E-state index is 12.1. The molecule has 6 nitrogen and oxygen atoms in total.